The van der Waals surface area contributed by atoms with Crippen LogP contribution in [0.4, 0.5) is 0 Å². The summed E-state index contributed by atoms with van der Waals surface area (Å²) in [6.07, 6.45) is 15.6. The van der Waals surface area contributed by atoms with E-state index in [0.717, 1.165) is 12.0 Å². The number of hydrogen-bond acceptors (Lipinski definition) is 1. The van der Waals surface area contributed by atoms with E-state index >= 15 is 0 Å². The lowest BCUT2D eigenvalue weighted by Crippen LogP contribution is -1.72. The molecule has 0 saturated carbocycles. The van der Waals surface area contributed by atoms with Gasteiger partial charge in [-0.25, -0.2) is 0 Å². The molecule has 0 fully saturated rings. The van der Waals surface area contributed by atoms with E-state index < -0.39 is 0 Å². The van der Waals surface area contributed by atoms with Crippen molar-refractivity contribution in [3.8, 4) is 5.75 Å². The highest BCUT2D eigenvalue weighted by atomic mass is 16.3. The second kappa shape index (κ2) is 5.17. The molecule has 0 amide bonds. The predicted molar refractivity (Wildman–Crippen MR) is 68.1 cm³/mol. The summed E-state index contributed by atoms with van der Waals surface area (Å²) in [5.41, 5.74) is 2.27. The van der Waals surface area contributed by atoms with Gasteiger partial charge in [-0.3, -0.25) is 0 Å². The molecule has 1 aromatic carbocycles. The molecule has 80 valence electrons. The number of aromatic hydroxyl groups is 1. The predicted octanol–water partition coefficient (Wildman–Crippen LogP) is 3.85. The highest BCUT2D eigenvalue weighted by Gasteiger charge is 1.90. The molecule has 0 atom stereocenters. The van der Waals surface area contributed by atoms with Gasteiger partial charge in [0.1, 0.15) is 5.75 Å². The molecule has 16 heavy (non-hydrogen) atoms. The van der Waals surface area contributed by atoms with E-state index in [0.29, 0.717) is 5.75 Å². The Morgan fingerprint density at radius 2 is 1.81 bits per heavy atom. The standard InChI is InChI=1S/C15H14O/c16-15-11-9-14(10-12-15)8-7-13-5-3-1-2-4-6-13/h1,3-12,16H,2H2. The zero-order valence-corrected chi connectivity index (χ0v) is 9.01. The van der Waals surface area contributed by atoms with E-state index in [1.807, 2.05) is 18.2 Å². The van der Waals surface area contributed by atoms with Crippen molar-refractivity contribution in [3.63, 3.8) is 0 Å². The number of hydrogen-bond donors (Lipinski definition) is 1. The van der Waals surface area contributed by atoms with Crippen LogP contribution in [0.2, 0.25) is 0 Å². The minimum atomic E-state index is 0.300. The van der Waals surface area contributed by atoms with Gasteiger partial charge in [0, 0.05) is 0 Å². The molecule has 0 radical (unpaired) electrons. The van der Waals surface area contributed by atoms with E-state index in [1.54, 1.807) is 12.1 Å². The first-order valence-corrected chi connectivity index (χ1v) is 5.35. The molecular formula is C15H14O. The van der Waals surface area contributed by atoms with Crippen LogP contribution in [0.15, 0.2) is 66.3 Å². The second-order valence-corrected chi connectivity index (χ2v) is 3.66. The summed E-state index contributed by atoms with van der Waals surface area (Å²) in [5, 5.41) is 9.16. The third-order valence-electron chi connectivity index (χ3n) is 2.37. The van der Waals surface area contributed by atoms with Gasteiger partial charge in [-0.05, 0) is 29.7 Å². The lowest BCUT2D eigenvalue weighted by Gasteiger charge is -1.95. The Kier molecular flexibility index (Phi) is 3.39. The number of rotatable bonds is 2. The fourth-order valence-electron chi connectivity index (χ4n) is 1.48. The summed E-state index contributed by atoms with van der Waals surface area (Å²) in [6, 6.07) is 7.17. The zero-order valence-electron chi connectivity index (χ0n) is 9.01. The normalized spacial score (nSPS) is 15.1. The van der Waals surface area contributed by atoms with E-state index in [9.17, 15) is 0 Å². The van der Waals surface area contributed by atoms with E-state index in [4.69, 9.17) is 5.11 Å². The molecule has 0 saturated heterocycles. The van der Waals surface area contributed by atoms with Gasteiger partial charge in [-0.15, -0.1) is 0 Å². The average Bonchev–Trinajstić information content (AvgIpc) is 2.57. The second-order valence-electron chi connectivity index (χ2n) is 3.66. The first-order valence-electron chi connectivity index (χ1n) is 5.35. The third-order valence-corrected chi connectivity index (χ3v) is 2.37. The molecule has 0 aromatic heterocycles. The van der Waals surface area contributed by atoms with Crippen LogP contribution in [0, 0.1) is 0 Å². The minimum Gasteiger partial charge on any atom is -0.508 e. The molecule has 0 aliphatic heterocycles. The van der Waals surface area contributed by atoms with Gasteiger partial charge < -0.3 is 5.11 Å². The molecule has 1 heteroatoms. The smallest absolute Gasteiger partial charge is 0.115 e. The highest BCUT2D eigenvalue weighted by Crippen LogP contribution is 2.13. The van der Waals surface area contributed by atoms with Crippen molar-refractivity contribution in [2.75, 3.05) is 0 Å². The SMILES string of the molecule is Oc1ccc(C=CC2=CC=CCC=C2)cc1. The average molecular weight is 210 g/mol. The minimum absolute atomic E-state index is 0.300. The van der Waals surface area contributed by atoms with Crippen LogP contribution >= 0.6 is 0 Å². The number of phenolic OH excluding ortho intramolecular Hbond substituents is 1. The molecule has 1 aliphatic rings. The first-order chi connectivity index (χ1) is 7.84. The van der Waals surface area contributed by atoms with Gasteiger partial charge in [0.05, 0.1) is 0 Å². The summed E-state index contributed by atoms with van der Waals surface area (Å²) >= 11 is 0. The van der Waals surface area contributed by atoms with Gasteiger partial charge in [0.25, 0.3) is 0 Å². The zero-order chi connectivity index (χ0) is 11.2. The van der Waals surface area contributed by atoms with Crippen LogP contribution in [0.1, 0.15) is 12.0 Å². The largest absolute Gasteiger partial charge is 0.508 e. The van der Waals surface area contributed by atoms with Gasteiger partial charge in [-0.2, -0.15) is 0 Å². The van der Waals surface area contributed by atoms with Gasteiger partial charge >= 0.3 is 0 Å². The Hall–Kier alpha value is -2.02. The van der Waals surface area contributed by atoms with E-state index in [1.165, 1.54) is 5.57 Å². The Balaban J connectivity index is 2.11. The Morgan fingerprint density at radius 1 is 1.00 bits per heavy atom. The maximum atomic E-state index is 9.16. The van der Waals surface area contributed by atoms with E-state index in [2.05, 4.69) is 36.5 Å². The molecule has 1 N–H and O–H groups in total. The first kappa shape index (κ1) is 10.5. The molecule has 1 nitrogen and oxygen atoms in total. The molecule has 0 heterocycles. The van der Waals surface area contributed by atoms with Crippen molar-refractivity contribution in [1.29, 1.82) is 0 Å². The summed E-state index contributed by atoms with van der Waals surface area (Å²) < 4.78 is 0. The summed E-state index contributed by atoms with van der Waals surface area (Å²) in [5.74, 6) is 0.300. The molecule has 0 unspecified atom stereocenters. The fraction of sp³-hybridized carbons (Fsp3) is 0.0667. The molecular weight excluding hydrogens is 196 g/mol. The molecule has 0 bridgehead atoms. The Labute approximate surface area is 95.7 Å². The van der Waals surface area contributed by atoms with Crippen LogP contribution in [0.25, 0.3) is 6.08 Å². The van der Waals surface area contributed by atoms with Crippen LogP contribution in [-0.2, 0) is 0 Å². The van der Waals surface area contributed by atoms with Crippen molar-refractivity contribution in [1.82, 2.24) is 0 Å². The number of benzene rings is 1. The van der Waals surface area contributed by atoms with Crippen molar-refractivity contribution < 1.29 is 5.11 Å². The van der Waals surface area contributed by atoms with E-state index in [-0.39, 0.29) is 0 Å². The highest BCUT2D eigenvalue weighted by molar-refractivity contribution is 5.56. The quantitative estimate of drug-likeness (QED) is 0.786. The summed E-state index contributed by atoms with van der Waals surface area (Å²) in [7, 11) is 0. The van der Waals surface area contributed by atoms with Gasteiger partial charge in [0.15, 0.2) is 0 Å². The summed E-state index contributed by atoms with van der Waals surface area (Å²) in [4.78, 5) is 0. The Bertz CT molecular complexity index is 459. The lowest BCUT2D eigenvalue weighted by atomic mass is 10.1. The van der Waals surface area contributed by atoms with Crippen molar-refractivity contribution in [2.45, 2.75) is 6.42 Å². The lowest BCUT2D eigenvalue weighted by molar-refractivity contribution is 0.475. The van der Waals surface area contributed by atoms with Crippen molar-refractivity contribution >= 4 is 6.08 Å². The van der Waals surface area contributed by atoms with Gasteiger partial charge in [-0.1, -0.05) is 54.7 Å². The maximum absolute atomic E-state index is 9.16. The van der Waals surface area contributed by atoms with Crippen LogP contribution < -0.4 is 0 Å². The Morgan fingerprint density at radius 3 is 2.62 bits per heavy atom. The number of allylic oxidation sites excluding steroid dienone is 7. The number of phenols is 1. The fourth-order valence-corrected chi connectivity index (χ4v) is 1.48. The van der Waals surface area contributed by atoms with Crippen LogP contribution in [0.3, 0.4) is 0 Å². The topological polar surface area (TPSA) is 20.2 Å². The monoisotopic (exact) mass is 210 g/mol. The van der Waals surface area contributed by atoms with Crippen molar-refractivity contribution in [2.24, 2.45) is 0 Å². The van der Waals surface area contributed by atoms with Gasteiger partial charge in [0.2, 0.25) is 0 Å². The molecule has 2 rings (SSSR count). The third kappa shape index (κ3) is 2.99. The molecule has 0 spiro atoms. The maximum Gasteiger partial charge on any atom is 0.115 e. The van der Waals surface area contributed by atoms with Crippen molar-refractivity contribution in [3.05, 3.63) is 71.9 Å². The molecule has 1 aromatic rings. The molecule has 1 aliphatic carbocycles. The van der Waals surface area contributed by atoms with Crippen LogP contribution in [-0.4, -0.2) is 5.11 Å². The summed E-state index contributed by atoms with van der Waals surface area (Å²) in [6.45, 7) is 0. The van der Waals surface area contributed by atoms with Crippen LogP contribution in [0.5, 0.6) is 5.75 Å².